The molecule has 1 aromatic heterocycles. The highest BCUT2D eigenvalue weighted by Gasteiger charge is 2.21. The minimum atomic E-state index is -0.590. The van der Waals surface area contributed by atoms with E-state index >= 15 is 0 Å². The third kappa shape index (κ3) is 6.10. The van der Waals surface area contributed by atoms with Crippen molar-refractivity contribution >= 4 is 29.3 Å². The van der Waals surface area contributed by atoms with Gasteiger partial charge in [-0.25, -0.2) is 4.39 Å². The molecule has 2 aromatic carbocycles. The van der Waals surface area contributed by atoms with Crippen LogP contribution in [0.4, 0.5) is 10.1 Å². The smallest absolute Gasteiger partial charge is 0.254 e. The van der Waals surface area contributed by atoms with Crippen molar-refractivity contribution in [1.82, 2.24) is 20.1 Å². The molecule has 2 N–H and O–H groups in total. The van der Waals surface area contributed by atoms with E-state index in [0.717, 1.165) is 0 Å². The molecule has 0 spiro atoms. The minimum absolute atomic E-state index is 0.0366. The maximum absolute atomic E-state index is 13.9. The van der Waals surface area contributed by atoms with Crippen molar-refractivity contribution in [2.45, 2.75) is 38.5 Å². The maximum Gasteiger partial charge on any atom is 0.254 e. The van der Waals surface area contributed by atoms with E-state index in [9.17, 15) is 14.0 Å². The lowest BCUT2D eigenvalue weighted by atomic mass is 10.2. The number of carbonyl (C=O) groups is 2. The number of ether oxygens (including phenoxy) is 1. The van der Waals surface area contributed by atoms with E-state index in [1.807, 2.05) is 30.5 Å². The van der Waals surface area contributed by atoms with Gasteiger partial charge >= 0.3 is 0 Å². The van der Waals surface area contributed by atoms with Gasteiger partial charge in [-0.15, -0.1) is 10.2 Å². The molecule has 10 heteroatoms. The topological polar surface area (TPSA) is 98.1 Å². The molecule has 0 bridgehead atoms. The summed E-state index contributed by atoms with van der Waals surface area (Å²) in [6.07, 6.45) is 0. The molecule has 2 amide bonds. The number of hydrogen-bond acceptors (Lipinski definition) is 6. The Bertz CT molecular complexity index is 1120. The molecule has 0 unspecified atom stereocenters. The summed E-state index contributed by atoms with van der Waals surface area (Å²) in [5, 5.41) is 14.5. The number of hydrogen-bond donors (Lipinski definition) is 2. The average Bonchev–Trinajstić information content (AvgIpc) is 3.22. The molecule has 0 radical (unpaired) electrons. The molecule has 0 fully saturated rings. The van der Waals surface area contributed by atoms with Gasteiger partial charge in [0.2, 0.25) is 5.91 Å². The zero-order valence-corrected chi connectivity index (χ0v) is 19.5. The number of halogens is 1. The van der Waals surface area contributed by atoms with Crippen molar-refractivity contribution in [3.63, 3.8) is 0 Å². The van der Waals surface area contributed by atoms with E-state index in [1.165, 1.54) is 30.0 Å². The molecular weight excluding hydrogens is 445 g/mol. The van der Waals surface area contributed by atoms with Crippen LogP contribution in [0.3, 0.4) is 0 Å². The van der Waals surface area contributed by atoms with Crippen LogP contribution < -0.4 is 15.4 Å². The predicted octanol–water partition coefficient (Wildman–Crippen LogP) is 4.06. The van der Waals surface area contributed by atoms with Crippen molar-refractivity contribution in [3.8, 4) is 5.75 Å². The second-order valence-electron chi connectivity index (χ2n) is 7.03. The molecule has 3 rings (SSSR count). The van der Waals surface area contributed by atoms with Gasteiger partial charge in [-0.05, 0) is 45.0 Å². The number of anilines is 1. The number of nitrogens with zero attached hydrogens (tertiary/aromatic N) is 3. The molecule has 3 aromatic rings. The van der Waals surface area contributed by atoms with E-state index in [0.29, 0.717) is 35.6 Å². The quantitative estimate of drug-likeness (QED) is 0.433. The van der Waals surface area contributed by atoms with Crippen LogP contribution in [0.2, 0.25) is 0 Å². The normalized spacial score (nSPS) is 11.6. The number of rotatable bonds is 10. The molecular formula is C23H26FN5O3S. The molecule has 33 heavy (non-hydrogen) atoms. The van der Waals surface area contributed by atoms with E-state index in [4.69, 9.17) is 4.74 Å². The Kier molecular flexibility index (Phi) is 8.42. The number of para-hydroxylation sites is 2. The SMILES string of the molecule is CCOc1ccccc1NC(=O)CSc1nnc([C@@H](C)NC(=O)c2ccccc2F)n1CC. The highest BCUT2D eigenvalue weighted by atomic mass is 32.2. The fourth-order valence-electron chi connectivity index (χ4n) is 3.18. The molecule has 0 saturated heterocycles. The van der Waals surface area contributed by atoms with E-state index in [-0.39, 0.29) is 17.2 Å². The summed E-state index contributed by atoms with van der Waals surface area (Å²) >= 11 is 1.24. The number of carbonyl (C=O) groups excluding carboxylic acids is 2. The van der Waals surface area contributed by atoms with E-state index < -0.39 is 17.8 Å². The molecule has 1 heterocycles. The van der Waals surface area contributed by atoms with Crippen LogP contribution in [0, 0.1) is 5.82 Å². The van der Waals surface area contributed by atoms with Crippen molar-refractivity contribution in [3.05, 3.63) is 65.7 Å². The average molecular weight is 472 g/mol. The van der Waals surface area contributed by atoms with Crippen LogP contribution in [0.1, 0.15) is 43.0 Å². The lowest BCUT2D eigenvalue weighted by molar-refractivity contribution is -0.113. The van der Waals surface area contributed by atoms with Crippen LogP contribution in [0.5, 0.6) is 5.75 Å². The van der Waals surface area contributed by atoms with Crippen molar-refractivity contribution in [2.75, 3.05) is 17.7 Å². The van der Waals surface area contributed by atoms with Gasteiger partial charge in [-0.1, -0.05) is 36.0 Å². The monoisotopic (exact) mass is 471 g/mol. The van der Waals surface area contributed by atoms with E-state index in [1.54, 1.807) is 25.1 Å². The molecule has 0 aliphatic rings. The van der Waals surface area contributed by atoms with Gasteiger partial charge in [0.1, 0.15) is 11.6 Å². The number of benzene rings is 2. The highest BCUT2D eigenvalue weighted by Crippen LogP contribution is 2.25. The second-order valence-corrected chi connectivity index (χ2v) is 7.97. The zero-order valence-electron chi connectivity index (χ0n) is 18.7. The van der Waals surface area contributed by atoms with Crippen LogP contribution in [-0.4, -0.2) is 38.9 Å². The van der Waals surface area contributed by atoms with Gasteiger partial charge in [-0.2, -0.15) is 0 Å². The first kappa shape index (κ1) is 24.2. The predicted molar refractivity (Wildman–Crippen MR) is 125 cm³/mol. The Hall–Kier alpha value is -3.40. The van der Waals surface area contributed by atoms with Crippen LogP contribution in [0.15, 0.2) is 53.7 Å². The Labute approximate surface area is 195 Å². The lowest BCUT2D eigenvalue weighted by Crippen LogP contribution is -2.29. The van der Waals surface area contributed by atoms with Gasteiger partial charge < -0.3 is 19.9 Å². The molecule has 0 aliphatic carbocycles. The Balaban J connectivity index is 1.64. The summed E-state index contributed by atoms with van der Waals surface area (Å²) in [4.78, 5) is 24.9. The minimum Gasteiger partial charge on any atom is -0.492 e. The summed E-state index contributed by atoms with van der Waals surface area (Å²) in [5.41, 5.74) is 0.567. The number of thioether (sulfide) groups is 1. The van der Waals surface area contributed by atoms with Crippen LogP contribution >= 0.6 is 11.8 Å². The van der Waals surface area contributed by atoms with Crippen molar-refractivity contribution in [2.24, 2.45) is 0 Å². The molecule has 0 saturated carbocycles. The first-order chi connectivity index (χ1) is 15.9. The summed E-state index contributed by atoms with van der Waals surface area (Å²) in [6.45, 7) is 6.58. The van der Waals surface area contributed by atoms with Crippen LogP contribution in [0.25, 0.3) is 0 Å². The van der Waals surface area contributed by atoms with Crippen LogP contribution in [-0.2, 0) is 11.3 Å². The third-order valence-corrected chi connectivity index (χ3v) is 5.68. The molecule has 8 nitrogen and oxygen atoms in total. The first-order valence-electron chi connectivity index (χ1n) is 10.6. The molecule has 174 valence electrons. The second kappa shape index (κ2) is 11.5. The lowest BCUT2D eigenvalue weighted by Gasteiger charge is -2.15. The van der Waals surface area contributed by atoms with E-state index in [2.05, 4.69) is 20.8 Å². The Morgan fingerprint density at radius 3 is 2.58 bits per heavy atom. The molecule has 0 aliphatic heterocycles. The Morgan fingerprint density at radius 2 is 1.85 bits per heavy atom. The fourth-order valence-corrected chi connectivity index (χ4v) is 3.99. The van der Waals surface area contributed by atoms with Gasteiger partial charge in [0.15, 0.2) is 11.0 Å². The van der Waals surface area contributed by atoms with Gasteiger partial charge in [0.05, 0.1) is 29.7 Å². The number of nitrogens with one attached hydrogen (secondary N) is 2. The summed E-state index contributed by atoms with van der Waals surface area (Å²) in [6, 6.07) is 12.5. The number of aromatic nitrogens is 3. The largest absolute Gasteiger partial charge is 0.492 e. The first-order valence-corrected chi connectivity index (χ1v) is 11.6. The summed E-state index contributed by atoms with van der Waals surface area (Å²) < 4.78 is 21.2. The van der Waals surface area contributed by atoms with Crippen molar-refractivity contribution in [1.29, 1.82) is 0 Å². The third-order valence-electron chi connectivity index (χ3n) is 4.71. The van der Waals surface area contributed by atoms with Gasteiger partial charge in [-0.3, -0.25) is 9.59 Å². The summed E-state index contributed by atoms with van der Waals surface area (Å²) in [5.74, 6) is -0.0851. The zero-order chi connectivity index (χ0) is 23.8. The maximum atomic E-state index is 13.9. The van der Waals surface area contributed by atoms with Gasteiger partial charge in [0.25, 0.3) is 5.91 Å². The molecule has 1 atom stereocenters. The van der Waals surface area contributed by atoms with Crippen molar-refractivity contribution < 1.29 is 18.7 Å². The highest BCUT2D eigenvalue weighted by molar-refractivity contribution is 7.99. The Morgan fingerprint density at radius 1 is 1.12 bits per heavy atom. The number of amides is 2. The standard InChI is InChI=1S/C23H26FN5O3S/c1-4-29-21(15(3)25-22(31)16-10-6-7-11-17(16)24)27-28-23(29)33-14-20(30)26-18-12-8-9-13-19(18)32-5-2/h6-13,15H,4-5,14H2,1-3H3,(H,25,31)(H,26,30)/t15-/m1/s1. The van der Waals surface area contributed by atoms with Gasteiger partial charge in [0, 0.05) is 6.54 Å². The fraction of sp³-hybridized carbons (Fsp3) is 0.304. The summed E-state index contributed by atoms with van der Waals surface area (Å²) in [7, 11) is 0.